The highest BCUT2D eigenvalue weighted by Crippen LogP contribution is 2.20. The van der Waals surface area contributed by atoms with Gasteiger partial charge < -0.3 is 15.3 Å². The summed E-state index contributed by atoms with van der Waals surface area (Å²) in [5.41, 5.74) is 0. The Morgan fingerprint density at radius 2 is 2.00 bits per heavy atom. The van der Waals surface area contributed by atoms with Crippen LogP contribution in [0.25, 0.3) is 0 Å². The second-order valence-electron chi connectivity index (χ2n) is 4.89. The minimum absolute atomic E-state index is 0.101. The van der Waals surface area contributed by atoms with Crippen molar-refractivity contribution in [3.8, 4) is 0 Å². The van der Waals surface area contributed by atoms with Gasteiger partial charge in [-0.05, 0) is 25.2 Å². The topological polar surface area (TPSA) is 86.7 Å². The summed E-state index contributed by atoms with van der Waals surface area (Å²) in [7, 11) is -0.816. The molecule has 1 unspecified atom stereocenters. The van der Waals surface area contributed by atoms with Crippen LogP contribution in [0.15, 0.2) is 0 Å². The van der Waals surface area contributed by atoms with Gasteiger partial charge in [0, 0.05) is 48.9 Å². The molecule has 7 heteroatoms. The molecule has 0 bridgehead atoms. The lowest BCUT2D eigenvalue weighted by Gasteiger charge is -2.31. The number of amides is 2. The first-order valence-electron chi connectivity index (χ1n) is 6.53. The van der Waals surface area contributed by atoms with Gasteiger partial charge in [0.1, 0.15) is 0 Å². The zero-order valence-electron chi connectivity index (χ0n) is 11.3. The summed E-state index contributed by atoms with van der Waals surface area (Å²) in [5, 5.41) is 11.5. The Labute approximate surface area is 116 Å². The van der Waals surface area contributed by atoms with E-state index in [1.807, 2.05) is 0 Å². The van der Waals surface area contributed by atoms with Crippen LogP contribution in [-0.2, 0) is 15.6 Å². The monoisotopic (exact) mass is 290 g/mol. The molecular formula is C12H22N2O4S. The summed E-state index contributed by atoms with van der Waals surface area (Å²) in [6.45, 7) is 1.76. The standard InChI is InChI=1S/C12H22N2O4S/c1-19(18)8-2-5-13-12(17)14-6-3-10(4-7-14)9-11(15)16/h10H,2-9H2,1H3,(H,13,17)(H,15,16). The van der Waals surface area contributed by atoms with Crippen LogP contribution in [0.2, 0.25) is 0 Å². The van der Waals surface area contributed by atoms with E-state index in [9.17, 15) is 13.8 Å². The summed E-state index contributed by atoms with van der Waals surface area (Å²) in [6.07, 6.45) is 4.05. The van der Waals surface area contributed by atoms with Crippen molar-refractivity contribution in [1.82, 2.24) is 10.2 Å². The van der Waals surface area contributed by atoms with Gasteiger partial charge >= 0.3 is 12.0 Å². The molecule has 0 radical (unpaired) electrons. The Bertz CT molecular complexity index is 341. The molecule has 110 valence electrons. The molecule has 1 heterocycles. The number of carbonyl (C=O) groups is 2. The molecule has 19 heavy (non-hydrogen) atoms. The fraction of sp³-hybridized carbons (Fsp3) is 0.833. The number of aliphatic carboxylic acids is 1. The first-order chi connectivity index (χ1) is 8.99. The summed E-state index contributed by atoms with van der Waals surface area (Å²) in [4.78, 5) is 24.1. The molecular weight excluding hydrogens is 268 g/mol. The van der Waals surface area contributed by atoms with Crippen molar-refractivity contribution >= 4 is 22.8 Å². The Hall–Kier alpha value is -1.11. The van der Waals surface area contributed by atoms with Crippen LogP contribution >= 0.6 is 0 Å². The summed E-state index contributed by atoms with van der Waals surface area (Å²) in [5.74, 6) is 0.0144. The molecule has 0 aromatic carbocycles. The number of hydrogen-bond donors (Lipinski definition) is 2. The van der Waals surface area contributed by atoms with Crippen LogP contribution in [0, 0.1) is 5.92 Å². The number of nitrogens with zero attached hydrogens (tertiary/aromatic N) is 1. The first kappa shape index (κ1) is 15.9. The molecule has 1 atom stereocenters. The third-order valence-corrected chi connectivity index (χ3v) is 4.11. The van der Waals surface area contributed by atoms with E-state index >= 15 is 0 Å². The number of rotatable bonds is 6. The lowest BCUT2D eigenvalue weighted by atomic mass is 9.94. The molecule has 6 nitrogen and oxygen atoms in total. The zero-order chi connectivity index (χ0) is 14.3. The lowest BCUT2D eigenvalue weighted by Crippen LogP contribution is -2.45. The molecule has 0 aromatic rings. The first-order valence-corrected chi connectivity index (χ1v) is 8.26. The van der Waals surface area contributed by atoms with Crippen LogP contribution < -0.4 is 5.32 Å². The molecule has 2 amide bonds. The molecule has 0 aliphatic carbocycles. The summed E-state index contributed by atoms with van der Waals surface area (Å²) >= 11 is 0. The van der Waals surface area contributed by atoms with E-state index < -0.39 is 16.8 Å². The molecule has 2 N–H and O–H groups in total. The fourth-order valence-electron chi connectivity index (χ4n) is 2.17. The van der Waals surface area contributed by atoms with E-state index in [0.717, 1.165) is 12.8 Å². The quantitative estimate of drug-likeness (QED) is 0.703. The fourth-order valence-corrected chi connectivity index (χ4v) is 2.72. The van der Waals surface area contributed by atoms with Crippen LogP contribution in [0.5, 0.6) is 0 Å². The summed E-state index contributed by atoms with van der Waals surface area (Å²) in [6, 6.07) is -0.101. The molecule has 1 rings (SSSR count). The van der Waals surface area contributed by atoms with E-state index in [4.69, 9.17) is 5.11 Å². The zero-order valence-corrected chi connectivity index (χ0v) is 12.1. The molecule has 0 saturated carbocycles. The van der Waals surface area contributed by atoms with Gasteiger partial charge in [-0.1, -0.05) is 0 Å². The maximum absolute atomic E-state index is 11.8. The Morgan fingerprint density at radius 3 is 2.53 bits per heavy atom. The van der Waals surface area contributed by atoms with Gasteiger partial charge in [0.25, 0.3) is 0 Å². The highest BCUT2D eigenvalue weighted by molar-refractivity contribution is 7.84. The van der Waals surface area contributed by atoms with Crippen molar-refractivity contribution in [2.45, 2.75) is 25.7 Å². The Balaban J connectivity index is 2.18. The number of carboxylic acid groups (broad SMARTS) is 1. The van der Waals surface area contributed by atoms with Gasteiger partial charge in [-0.2, -0.15) is 0 Å². The maximum Gasteiger partial charge on any atom is 0.317 e. The van der Waals surface area contributed by atoms with Crippen molar-refractivity contribution in [3.05, 3.63) is 0 Å². The smallest absolute Gasteiger partial charge is 0.317 e. The minimum Gasteiger partial charge on any atom is -0.481 e. The third-order valence-electron chi connectivity index (χ3n) is 3.25. The van der Waals surface area contributed by atoms with Gasteiger partial charge in [0.05, 0.1) is 0 Å². The largest absolute Gasteiger partial charge is 0.481 e. The van der Waals surface area contributed by atoms with E-state index in [1.165, 1.54) is 0 Å². The van der Waals surface area contributed by atoms with Crippen LogP contribution in [-0.4, -0.2) is 57.9 Å². The van der Waals surface area contributed by atoms with E-state index in [2.05, 4.69) is 5.32 Å². The number of likely N-dealkylation sites (tertiary alicyclic amines) is 1. The van der Waals surface area contributed by atoms with Crippen molar-refractivity contribution in [2.75, 3.05) is 31.6 Å². The normalized spacial score (nSPS) is 18.1. The number of carbonyl (C=O) groups excluding carboxylic acids is 1. The summed E-state index contributed by atoms with van der Waals surface area (Å²) < 4.78 is 10.9. The SMILES string of the molecule is CS(=O)CCCNC(=O)N1CCC(CC(=O)O)CC1. The molecule has 1 fully saturated rings. The average molecular weight is 290 g/mol. The predicted octanol–water partition coefficient (Wildman–Crippen LogP) is 0.651. The number of nitrogens with one attached hydrogen (secondary N) is 1. The number of carboxylic acids is 1. The van der Waals surface area contributed by atoms with Crippen molar-refractivity contribution in [3.63, 3.8) is 0 Å². The van der Waals surface area contributed by atoms with Crippen molar-refractivity contribution in [1.29, 1.82) is 0 Å². The Morgan fingerprint density at radius 1 is 1.37 bits per heavy atom. The molecule has 0 aromatic heterocycles. The van der Waals surface area contributed by atoms with E-state index in [-0.39, 0.29) is 18.4 Å². The highest BCUT2D eigenvalue weighted by atomic mass is 32.2. The van der Waals surface area contributed by atoms with Gasteiger partial charge in [-0.25, -0.2) is 4.79 Å². The van der Waals surface area contributed by atoms with Gasteiger partial charge in [-0.3, -0.25) is 9.00 Å². The third kappa shape index (κ3) is 6.56. The molecule has 1 saturated heterocycles. The Kier molecular flexibility index (Phi) is 6.83. The molecule has 1 aliphatic heterocycles. The molecule has 0 spiro atoms. The second kappa shape index (κ2) is 8.14. The van der Waals surface area contributed by atoms with Crippen LogP contribution in [0.3, 0.4) is 0 Å². The van der Waals surface area contributed by atoms with E-state index in [0.29, 0.717) is 31.8 Å². The number of hydrogen-bond acceptors (Lipinski definition) is 3. The highest BCUT2D eigenvalue weighted by Gasteiger charge is 2.23. The molecule has 1 aliphatic rings. The van der Waals surface area contributed by atoms with Crippen molar-refractivity contribution in [2.24, 2.45) is 5.92 Å². The average Bonchev–Trinajstić information content (AvgIpc) is 2.34. The maximum atomic E-state index is 11.8. The predicted molar refractivity (Wildman–Crippen MR) is 73.5 cm³/mol. The van der Waals surface area contributed by atoms with E-state index in [1.54, 1.807) is 11.2 Å². The van der Waals surface area contributed by atoms with Gasteiger partial charge in [0.2, 0.25) is 0 Å². The van der Waals surface area contributed by atoms with Crippen LogP contribution in [0.4, 0.5) is 4.79 Å². The van der Waals surface area contributed by atoms with Crippen LogP contribution in [0.1, 0.15) is 25.7 Å². The second-order valence-corrected chi connectivity index (χ2v) is 6.45. The number of piperidine rings is 1. The van der Waals surface area contributed by atoms with Gasteiger partial charge in [0.15, 0.2) is 0 Å². The minimum atomic E-state index is -0.816. The van der Waals surface area contributed by atoms with Crippen molar-refractivity contribution < 1.29 is 18.9 Å². The van der Waals surface area contributed by atoms with Gasteiger partial charge in [-0.15, -0.1) is 0 Å². The lowest BCUT2D eigenvalue weighted by molar-refractivity contribution is -0.138. The number of urea groups is 1.